The van der Waals surface area contributed by atoms with Gasteiger partial charge in [0.2, 0.25) is 5.91 Å². The second-order valence-electron chi connectivity index (χ2n) is 2.10. The molecule has 1 rings (SSSR count). The monoisotopic (exact) mass is 235 g/mol. The maximum atomic E-state index is 10.6. The second kappa shape index (κ2) is 6.23. The lowest BCUT2D eigenvalue weighted by Gasteiger charge is -1.97. The van der Waals surface area contributed by atoms with E-state index in [1.165, 1.54) is 18.2 Å². The summed E-state index contributed by atoms with van der Waals surface area (Å²) in [6.07, 6.45) is 0. The van der Waals surface area contributed by atoms with E-state index in [9.17, 15) is 4.79 Å². The molecule has 0 aliphatic rings. The molecule has 4 nitrogen and oxygen atoms in total. The molecule has 0 bridgehead atoms. The average Bonchev–Trinajstić information content (AvgIpc) is 2.10. The van der Waals surface area contributed by atoms with Crippen molar-refractivity contribution in [3.05, 3.63) is 33.8 Å². The van der Waals surface area contributed by atoms with Crippen molar-refractivity contribution >= 4 is 35.6 Å². The van der Waals surface area contributed by atoms with Gasteiger partial charge in [0.25, 0.3) is 6.47 Å². The molecule has 0 aliphatic heterocycles. The Bertz CT molecular complexity index is 341. The van der Waals surface area contributed by atoms with E-state index in [-0.39, 0.29) is 6.47 Å². The highest BCUT2D eigenvalue weighted by Crippen LogP contribution is 2.22. The van der Waals surface area contributed by atoms with E-state index < -0.39 is 5.91 Å². The number of carbonyl (C=O) groups is 2. The number of primary amides is 1. The van der Waals surface area contributed by atoms with Crippen LogP contribution in [0.15, 0.2) is 18.2 Å². The van der Waals surface area contributed by atoms with Crippen LogP contribution in [-0.2, 0) is 4.79 Å². The molecule has 0 heterocycles. The predicted octanol–water partition coefficient (Wildman–Crippen LogP) is 1.79. The van der Waals surface area contributed by atoms with Gasteiger partial charge in [-0.05, 0) is 18.2 Å². The molecule has 1 amide bonds. The van der Waals surface area contributed by atoms with E-state index in [4.69, 9.17) is 38.8 Å². The van der Waals surface area contributed by atoms with Crippen LogP contribution < -0.4 is 5.73 Å². The first-order valence-electron chi connectivity index (χ1n) is 3.35. The van der Waals surface area contributed by atoms with Crippen LogP contribution in [-0.4, -0.2) is 17.5 Å². The van der Waals surface area contributed by atoms with E-state index in [2.05, 4.69) is 0 Å². The molecule has 0 saturated carbocycles. The van der Waals surface area contributed by atoms with E-state index in [0.717, 1.165) is 0 Å². The molecule has 0 saturated heterocycles. The number of hydrogen-bond acceptors (Lipinski definition) is 2. The molecule has 6 heteroatoms. The van der Waals surface area contributed by atoms with Gasteiger partial charge in [-0.1, -0.05) is 23.2 Å². The highest BCUT2D eigenvalue weighted by atomic mass is 35.5. The minimum absolute atomic E-state index is 0.250. The van der Waals surface area contributed by atoms with Crippen molar-refractivity contribution in [2.45, 2.75) is 0 Å². The summed E-state index contributed by atoms with van der Waals surface area (Å²) in [6, 6.07) is 4.49. The Hall–Kier alpha value is -1.26. The van der Waals surface area contributed by atoms with Gasteiger partial charge in [0.1, 0.15) is 0 Å². The zero-order valence-corrected chi connectivity index (χ0v) is 8.42. The summed E-state index contributed by atoms with van der Waals surface area (Å²) in [6.45, 7) is -0.250. The van der Waals surface area contributed by atoms with E-state index >= 15 is 0 Å². The van der Waals surface area contributed by atoms with Crippen molar-refractivity contribution in [3.8, 4) is 0 Å². The van der Waals surface area contributed by atoms with Gasteiger partial charge in [0.05, 0.1) is 10.0 Å². The van der Waals surface area contributed by atoms with Crippen LogP contribution >= 0.6 is 23.2 Å². The van der Waals surface area contributed by atoms with Crippen LogP contribution in [0.3, 0.4) is 0 Å². The lowest BCUT2D eigenvalue weighted by Crippen LogP contribution is -2.10. The van der Waals surface area contributed by atoms with Crippen LogP contribution in [0.1, 0.15) is 10.4 Å². The van der Waals surface area contributed by atoms with Gasteiger partial charge in [0, 0.05) is 5.56 Å². The third kappa shape index (κ3) is 4.11. The van der Waals surface area contributed by atoms with Gasteiger partial charge in [0.15, 0.2) is 0 Å². The predicted molar refractivity (Wildman–Crippen MR) is 53.7 cm³/mol. The minimum atomic E-state index is -0.511. The number of amides is 1. The zero-order chi connectivity index (χ0) is 11.1. The van der Waals surface area contributed by atoms with Gasteiger partial charge in [-0.15, -0.1) is 0 Å². The molecule has 0 fully saturated rings. The van der Waals surface area contributed by atoms with Crippen LogP contribution in [0.25, 0.3) is 0 Å². The smallest absolute Gasteiger partial charge is 0.290 e. The van der Waals surface area contributed by atoms with E-state index in [1.807, 2.05) is 0 Å². The van der Waals surface area contributed by atoms with E-state index in [0.29, 0.717) is 15.6 Å². The van der Waals surface area contributed by atoms with Gasteiger partial charge in [-0.25, -0.2) is 0 Å². The van der Waals surface area contributed by atoms with Crippen molar-refractivity contribution < 1.29 is 14.7 Å². The fourth-order valence-corrected chi connectivity index (χ4v) is 0.947. The molecule has 76 valence electrons. The Morgan fingerprint density at radius 2 is 1.86 bits per heavy atom. The zero-order valence-electron chi connectivity index (χ0n) is 6.91. The number of halogens is 2. The Morgan fingerprint density at radius 3 is 2.21 bits per heavy atom. The fraction of sp³-hybridized carbons (Fsp3) is 0. The summed E-state index contributed by atoms with van der Waals surface area (Å²) in [4.78, 5) is 18.9. The summed E-state index contributed by atoms with van der Waals surface area (Å²) >= 11 is 11.2. The molecule has 0 unspecified atom stereocenters. The summed E-state index contributed by atoms with van der Waals surface area (Å²) < 4.78 is 0. The van der Waals surface area contributed by atoms with Gasteiger partial charge in [-0.2, -0.15) is 0 Å². The number of benzene rings is 1. The number of nitrogens with two attached hydrogens (primary N) is 1. The number of hydrogen-bond donors (Lipinski definition) is 2. The SMILES string of the molecule is NC(=O)c1ccc(Cl)c(Cl)c1.O=CO. The lowest BCUT2D eigenvalue weighted by molar-refractivity contribution is -0.122. The average molecular weight is 236 g/mol. The molecular weight excluding hydrogens is 229 g/mol. The highest BCUT2D eigenvalue weighted by Gasteiger charge is 2.02. The highest BCUT2D eigenvalue weighted by molar-refractivity contribution is 6.42. The molecule has 0 atom stereocenters. The number of carboxylic acid groups (broad SMARTS) is 1. The van der Waals surface area contributed by atoms with Crippen molar-refractivity contribution in [2.75, 3.05) is 0 Å². The Kier molecular flexibility index (Phi) is 5.67. The van der Waals surface area contributed by atoms with Gasteiger partial charge in [-0.3, -0.25) is 9.59 Å². The first-order valence-corrected chi connectivity index (χ1v) is 4.11. The topological polar surface area (TPSA) is 80.4 Å². The van der Waals surface area contributed by atoms with Gasteiger partial charge >= 0.3 is 0 Å². The number of rotatable bonds is 1. The Balaban J connectivity index is 0.000000500. The molecule has 1 aromatic carbocycles. The van der Waals surface area contributed by atoms with Crippen molar-refractivity contribution in [1.29, 1.82) is 0 Å². The summed E-state index contributed by atoms with van der Waals surface area (Å²) in [5.41, 5.74) is 5.35. The molecule has 1 aromatic rings. The maximum Gasteiger partial charge on any atom is 0.290 e. The Labute approximate surface area is 90.2 Å². The maximum absolute atomic E-state index is 10.6. The first-order chi connectivity index (χ1) is 6.52. The molecule has 0 aromatic heterocycles. The molecule has 0 spiro atoms. The number of carbonyl (C=O) groups excluding carboxylic acids is 1. The largest absolute Gasteiger partial charge is 0.483 e. The van der Waals surface area contributed by atoms with Gasteiger partial charge < -0.3 is 10.8 Å². The quantitative estimate of drug-likeness (QED) is 0.729. The van der Waals surface area contributed by atoms with Crippen molar-refractivity contribution in [3.63, 3.8) is 0 Å². The van der Waals surface area contributed by atoms with E-state index in [1.54, 1.807) is 0 Å². The molecule has 14 heavy (non-hydrogen) atoms. The summed E-state index contributed by atoms with van der Waals surface area (Å²) in [5, 5.41) is 7.64. The van der Waals surface area contributed by atoms with Crippen LogP contribution in [0.4, 0.5) is 0 Å². The first kappa shape index (κ1) is 12.7. The summed E-state index contributed by atoms with van der Waals surface area (Å²) in [7, 11) is 0. The van der Waals surface area contributed by atoms with Crippen LogP contribution in [0.2, 0.25) is 10.0 Å². The minimum Gasteiger partial charge on any atom is -0.483 e. The fourth-order valence-electron chi connectivity index (χ4n) is 0.649. The Morgan fingerprint density at radius 1 is 1.36 bits per heavy atom. The van der Waals surface area contributed by atoms with Crippen LogP contribution in [0.5, 0.6) is 0 Å². The van der Waals surface area contributed by atoms with Crippen LogP contribution in [0, 0.1) is 0 Å². The molecular formula is C8H7Cl2NO3. The van der Waals surface area contributed by atoms with Crippen molar-refractivity contribution in [2.24, 2.45) is 5.73 Å². The lowest BCUT2D eigenvalue weighted by atomic mass is 10.2. The normalized spacial score (nSPS) is 8.43. The van der Waals surface area contributed by atoms with Crippen molar-refractivity contribution in [1.82, 2.24) is 0 Å². The second-order valence-corrected chi connectivity index (χ2v) is 2.91. The summed E-state index contributed by atoms with van der Waals surface area (Å²) in [5.74, 6) is -0.511. The third-order valence-electron chi connectivity index (χ3n) is 1.20. The standard InChI is InChI=1S/C7H5Cl2NO.CH2O2/c8-5-2-1-4(7(10)11)3-6(5)9;2-1-3/h1-3H,(H2,10,11);1H,(H,2,3). The molecule has 3 N–H and O–H groups in total. The third-order valence-corrected chi connectivity index (χ3v) is 1.94. The molecule has 0 radical (unpaired) electrons. The molecule has 0 aliphatic carbocycles.